The van der Waals surface area contributed by atoms with Crippen molar-refractivity contribution in [2.24, 2.45) is 0 Å². The maximum Gasteiger partial charge on any atom is 0.433 e. The number of hydrogen-bond donors (Lipinski definition) is 7. The predicted octanol–water partition coefficient (Wildman–Crippen LogP) is 5.51. The zero-order chi connectivity index (χ0) is 55.9. The average molecular weight is 1120 g/mol. The lowest BCUT2D eigenvalue weighted by Crippen LogP contribution is -2.49. The molecule has 0 aliphatic carbocycles. The van der Waals surface area contributed by atoms with Crippen molar-refractivity contribution in [2.45, 2.75) is 12.4 Å². The lowest BCUT2D eigenvalue weighted by Gasteiger charge is -2.33. The van der Waals surface area contributed by atoms with Gasteiger partial charge in [0.05, 0.1) is 19.8 Å². The molecule has 29 heteroatoms. The Morgan fingerprint density at radius 2 is 1.04 bits per heavy atom. The standard InChI is InChI=1S/C25H26F3N9O2.C19H13ClF3N7O.C6H14N2O/c26-25(27,28)20-5-1-3-18(31-20)23-33-24(19-4-2-8-37(19)34-23)30-17-6-7-29-21(15-17)32-22(39)16-36-11-9-35(10-12-36)13-14-38;20-10-16(31)27-15-9-11(6-7-24-15)25-18-13-4-2-8-30(13)29-17(28-18)12-3-1-5-14(26-12)19(21,22)23;9-6-5-8-3-1-7-2-4-8/h1-8,15,38H,9-14,16H2,(H2,29,30,32,33,34,39);1-9H,10H2,(H2,24,25,27,28,29,31);7,9H,1-6H2. The number of pyridine rings is 4. The molecule has 0 unspecified atom stereocenters. The summed E-state index contributed by atoms with van der Waals surface area (Å²) in [6, 6.07) is 20.6. The number of piperazine rings is 2. The number of β-amino-alcohol motifs (C(OH)–C–C–N with tert-alkyl or cyclic N) is 2. The van der Waals surface area contributed by atoms with Crippen molar-refractivity contribution >= 4 is 69.1 Å². The molecule has 10 rings (SSSR count). The molecule has 0 aromatic carbocycles. The van der Waals surface area contributed by atoms with Gasteiger partial charge in [-0.05, 0) is 60.7 Å². The van der Waals surface area contributed by atoms with Crippen molar-refractivity contribution < 1.29 is 46.1 Å². The summed E-state index contributed by atoms with van der Waals surface area (Å²) in [5, 5.41) is 41.0. The highest BCUT2D eigenvalue weighted by Crippen LogP contribution is 2.32. The fourth-order valence-corrected chi connectivity index (χ4v) is 8.15. The topological polar surface area (TPSA) is 256 Å². The summed E-state index contributed by atoms with van der Waals surface area (Å²) in [5.74, 6) is 0.451. The highest BCUT2D eigenvalue weighted by Gasteiger charge is 2.34. The first kappa shape index (κ1) is 57.2. The minimum atomic E-state index is -4.60. The molecule has 2 amide bonds. The lowest BCUT2D eigenvalue weighted by molar-refractivity contribution is -0.141. The molecule has 10 heterocycles. The van der Waals surface area contributed by atoms with Gasteiger partial charge in [-0.15, -0.1) is 21.8 Å². The minimum Gasteiger partial charge on any atom is -0.395 e. The van der Waals surface area contributed by atoms with E-state index in [1.165, 1.54) is 45.7 Å². The summed E-state index contributed by atoms with van der Waals surface area (Å²) >= 11 is 5.49. The zero-order valence-electron chi connectivity index (χ0n) is 42.0. The van der Waals surface area contributed by atoms with Gasteiger partial charge in [-0.3, -0.25) is 24.3 Å². The van der Waals surface area contributed by atoms with Crippen LogP contribution in [0.5, 0.6) is 0 Å². The molecule has 2 aliphatic rings. The van der Waals surface area contributed by atoms with Gasteiger partial charge in [-0.2, -0.15) is 26.3 Å². The molecule has 7 N–H and O–H groups in total. The largest absolute Gasteiger partial charge is 0.433 e. The first-order valence-electron chi connectivity index (χ1n) is 24.6. The van der Waals surface area contributed by atoms with Crippen LogP contribution in [0.1, 0.15) is 11.4 Å². The molecular weight excluding hydrogens is 1070 g/mol. The van der Waals surface area contributed by atoms with Crippen molar-refractivity contribution in [3.8, 4) is 23.0 Å². The Morgan fingerprint density at radius 1 is 0.582 bits per heavy atom. The summed E-state index contributed by atoms with van der Waals surface area (Å²) < 4.78 is 81.7. The SMILES string of the molecule is O=C(CCl)Nc1cc(Nc2nc(-c3cccc(C(F)(F)F)n3)nn3cccc23)ccn1.O=C(CN1CCN(CCO)CC1)Nc1cc(Nc2nc(-c3cccc(C(F)(F)F)n3)nn3cccc23)ccn1.OCCN1CCNCC1. The lowest BCUT2D eigenvalue weighted by atomic mass is 10.3. The monoisotopic (exact) mass is 1120 g/mol. The summed E-state index contributed by atoms with van der Waals surface area (Å²) in [6.07, 6.45) is -2.90. The molecule has 8 aromatic rings. The number of anilines is 6. The molecule has 0 atom stereocenters. The fourth-order valence-electron chi connectivity index (χ4n) is 8.08. The van der Waals surface area contributed by atoms with E-state index >= 15 is 0 Å². The molecular formula is C50H53ClF6N18O4. The van der Waals surface area contributed by atoms with Crippen molar-refractivity contribution in [3.63, 3.8) is 0 Å². The van der Waals surface area contributed by atoms with Crippen molar-refractivity contribution in [2.75, 3.05) is 112 Å². The minimum absolute atomic E-state index is 0.00187. The summed E-state index contributed by atoms with van der Waals surface area (Å²) in [4.78, 5) is 55.0. The van der Waals surface area contributed by atoms with Gasteiger partial charge in [0, 0.05) is 114 Å². The Morgan fingerprint density at radius 3 is 1.49 bits per heavy atom. The quantitative estimate of drug-likeness (QED) is 0.0494. The van der Waals surface area contributed by atoms with Crippen molar-refractivity contribution in [1.29, 1.82) is 0 Å². The molecule has 2 fully saturated rings. The Balaban J connectivity index is 0.000000183. The second kappa shape index (κ2) is 26.6. The van der Waals surface area contributed by atoms with Crippen LogP contribution >= 0.6 is 11.6 Å². The van der Waals surface area contributed by atoms with E-state index in [1.807, 2.05) is 4.90 Å². The molecule has 2 aliphatic heterocycles. The smallest absolute Gasteiger partial charge is 0.395 e. The first-order chi connectivity index (χ1) is 38.0. The highest BCUT2D eigenvalue weighted by molar-refractivity contribution is 6.29. The maximum atomic E-state index is 13.2. The molecule has 0 radical (unpaired) electrons. The highest BCUT2D eigenvalue weighted by atomic mass is 35.5. The Hall–Kier alpha value is -7.99. The van der Waals surface area contributed by atoms with E-state index in [0.717, 1.165) is 71.0 Å². The molecule has 79 heavy (non-hydrogen) atoms. The number of halogens is 7. The third-order valence-electron chi connectivity index (χ3n) is 11.9. The van der Waals surface area contributed by atoms with E-state index in [2.05, 4.69) is 76.5 Å². The number of rotatable bonds is 15. The van der Waals surface area contributed by atoms with Gasteiger partial charge in [0.15, 0.2) is 11.6 Å². The number of fused-ring (bicyclic) bond motifs is 2. The third-order valence-corrected chi connectivity index (χ3v) is 12.1. The number of aliphatic hydroxyl groups is 2. The Kier molecular flexibility index (Phi) is 19.2. The van der Waals surface area contributed by atoms with E-state index in [-0.39, 0.29) is 53.8 Å². The number of nitrogens with one attached hydrogen (secondary N) is 5. The number of hydrogen-bond acceptors (Lipinski definition) is 18. The summed E-state index contributed by atoms with van der Waals surface area (Å²) in [6.45, 7) is 9.43. The Bertz CT molecular complexity index is 3310. The van der Waals surface area contributed by atoms with Crippen LogP contribution in [0.4, 0.5) is 61.0 Å². The maximum absolute atomic E-state index is 13.2. The number of carbonyl (C=O) groups excluding carboxylic acids is 2. The van der Waals surface area contributed by atoms with Gasteiger partial charge in [-0.25, -0.2) is 38.9 Å². The zero-order valence-corrected chi connectivity index (χ0v) is 42.7. The number of carbonyl (C=O) groups is 2. The molecule has 416 valence electrons. The van der Waals surface area contributed by atoms with E-state index in [0.29, 0.717) is 53.0 Å². The van der Waals surface area contributed by atoms with Crippen LogP contribution in [0, 0.1) is 0 Å². The normalized spacial score (nSPS) is 14.4. The van der Waals surface area contributed by atoms with E-state index < -0.39 is 29.6 Å². The Labute approximate surface area is 451 Å². The van der Waals surface area contributed by atoms with Crippen LogP contribution in [0.15, 0.2) is 110 Å². The second-order valence-corrected chi connectivity index (χ2v) is 17.8. The van der Waals surface area contributed by atoms with Gasteiger partial charge in [-0.1, -0.05) is 12.1 Å². The van der Waals surface area contributed by atoms with Crippen LogP contribution in [0.2, 0.25) is 0 Å². The molecule has 22 nitrogen and oxygen atoms in total. The van der Waals surface area contributed by atoms with E-state index in [9.17, 15) is 35.9 Å². The molecule has 2 saturated heterocycles. The van der Waals surface area contributed by atoms with Gasteiger partial charge < -0.3 is 36.8 Å². The third kappa shape index (κ3) is 16.1. The number of nitrogens with zero attached hydrogens (tertiary/aromatic N) is 13. The molecule has 8 aromatic heterocycles. The molecule has 0 spiro atoms. The van der Waals surface area contributed by atoms with Gasteiger partial charge in [0.1, 0.15) is 51.3 Å². The number of alkyl halides is 7. The van der Waals surface area contributed by atoms with E-state index in [1.54, 1.807) is 60.9 Å². The second-order valence-electron chi connectivity index (χ2n) is 17.6. The summed E-state index contributed by atoms with van der Waals surface area (Å²) in [5.41, 5.74) is 0.137. The van der Waals surface area contributed by atoms with Crippen molar-refractivity contribution in [1.82, 2.24) is 69.1 Å². The van der Waals surface area contributed by atoms with Crippen LogP contribution in [-0.4, -0.2) is 177 Å². The number of aromatic nitrogens is 10. The number of amides is 2. The van der Waals surface area contributed by atoms with E-state index in [4.69, 9.17) is 21.8 Å². The van der Waals surface area contributed by atoms with Crippen LogP contribution in [0.25, 0.3) is 34.1 Å². The first-order valence-corrected chi connectivity index (χ1v) is 25.1. The van der Waals surface area contributed by atoms with Gasteiger partial charge >= 0.3 is 12.4 Å². The average Bonchev–Trinajstić information content (AvgIpc) is 4.18. The summed E-state index contributed by atoms with van der Waals surface area (Å²) in [7, 11) is 0. The van der Waals surface area contributed by atoms with Crippen LogP contribution < -0.4 is 26.6 Å². The molecule has 0 bridgehead atoms. The predicted molar refractivity (Wildman–Crippen MR) is 282 cm³/mol. The van der Waals surface area contributed by atoms with Gasteiger partial charge in [0.2, 0.25) is 23.5 Å². The molecule has 0 saturated carbocycles. The van der Waals surface area contributed by atoms with Crippen molar-refractivity contribution in [3.05, 3.63) is 121 Å². The van der Waals surface area contributed by atoms with Crippen LogP contribution in [0.3, 0.4) is 0 Å². The number of aliphatic hydroxyl groups excluding tert-OH is 2. The van der Waals surface area contributed by atoms with Crippen LogP contribution in [-0.2, 0) is 21.9 Å². The van der Waals surface area contributed by atoms with Gasteiger partial charge in [0.25, 0.3) is 0 Å². The fraction of sp³-hybridized carbons (Fsp3) is 0.320.